The molecule has 0 N–H and O–H groups in total. The molecule has 0 fully saturated rings. The van der Waals surface area contributed by atoms with Gasteiger partial charge in [-0.3, -0.25) is 0 Å². The molecule has 1 atom stereocenters. The Morgan fingerprint density at radius 3 is 1.55 bits per heavy atom. The van der Waals surface area contributed by atoms with Gasteiger partial charge in [0.1, 0.15) is 11.5 Å². The van der Waals surface area contributed by atoms with Gasteiger partial charge < -0.3 is 9.47 Å². The van der Waals surface area contributed by atoms with E-state index in [0.29, 0.717) is 5.30 Å². The molecule has 0 aliphatic heterocycles. The van der Waals surface area contributed by atoms with E-state index in [1.807, 2.05) is 0 Å². The minimum atomic E-state index is -4.93. The summed E-state index contributed by atoms with van der Waals surface area (Å²) < 4.78 is 85.2. The molecule has 2 nitrogen and oxygen atoms in total. The van der Waals surface area contributed by atoms with Crippen LogP contribution in [-0.4, -0.2) is 12.7 Å². The average molecular weight is 430 g/mol. The average Bonchev–Trinajstić information content (AvgIpc) is 2.60. The Morgan fingerprint density at radius 1 is 0.552 bits per heavy atom. The number of para-hydroxylation sites is 2. The second kappa shape index (κ2) is 7.95. The van der Waals surface area contributed by atoms with Crippen LogP contribution in [0.25, 0.3) is 22.3 Å². The second-order valence-electron chi connectivity index (χ2n) is 5.86. The van der Waals surface area contributed by atoms with E-state index in [9.17, 15) is 26.3 Å². The van der Waals surface area contributed by atoms with Crippen LogP contribution in [0, 0.1) is 0 Å². The lowest BCUT2D eigenvalue weighted by Crippen LogP contribution is -2.18. The second-order valence-corrected chi connectivity index (χ2v) is 6.48. The van der Waals surface area contributed by atoms with E-state index in [1.54, 1.807) is 12.1 Å². The van der Waals surface area contributed by atoms with E-state index >= 15 is 0 Å². The van der Waals surface area contributed by atoms with Crippen molar-refractivity contribution < 1.29 is 35.8 Å². The fourth-order valence-corrected chi connectivity index (χ4v) is 3.31. The molecular formula is C20H13F6O2P. The lowest BCUT2D eigenvalue weighted by atomic mass is 9.93. The summed E-state index contributed by atoms with van der Waals surface area (Å²) in [7, 11) is 2.37. The van der Waals surface area contributed by atoms with Gasteiger partial charge >= 0.3 is 12.7 Å². The summed E-state index contributed by atoms with van der Waals surface area (Å²) in [5.74, 6) is -0.934. The molecule has 0 saturated heterocycles. The van der Waals surface area contributed by atoms with Gasteiger partial charge in [0.05, 0.1) is 0 Å². The zero-order chi connectivity index (χ0) is 21.2. The number of benzene rings is 3. The normalized spacial score (nSPS) is 12.0. The fraction of sp³-hybridized carbons (Fsp3) is 0.100. The van der Waals surface area contributed by atoms with Gasteiger partial charge in [-0.05, 0) is 23.0 Å². The van der Waals surface area contributed by atoms with Crippen LogP contribution < -0.4 is 14.8 Å². The molecule has 0 amide bonds. The number of ether oxygens (including phenoxy) is 2. The van der Waals surface area contributed by atoms with Crippen molar-refractivity contribution in [2.45, 2.75) is 12.7 Å². The molecule has 0 bridgehead atoms. The third kappa shape index (κ3) is 5.21. The molecule has 0 aliphatic rings. The van der Waals surface area contributed by atoms with Crippen LogP contribution in [-0.2, 0) is 0 Å². The van der Waals surface area contributed by atoms with Crippen molar-refractivity contribution in [2.75, 3.05) is 0 Å². The first kappa shape index (κ1) is 21.0. The Hall–Kier alpha value is -2.73. The van der Waals surface area contributed by atoms with Gasteiger partial charge in [-0.2, -0.15) is 0 Å². The number of hydrogen-bond donors (Lipinski definition) is 0. The Balaban J connectivity index is 2.23. The van der Waals surface area contributed by atoms with Crippen molar-refractivity contribution in [1.29, 1.82) is 0 Å². The van der Waals surface area contributed by atoms with Gasteiger partial charge in [-0.1, -0.05) is 54.6 Å². The maximum absolute atomic E-state index is 12.8. The van der Waals surface area contributed by atoms with E-state index < -0.39 is 24.2 Å². The van der Waals surface area contributed by atoms with Crippen LogP contribution in [0.1, 0.15) is 0 Å². The van der Waals surface area contributed by atoms with E-state index in [1.165, 1.54) is 42.5 Å². The molecule has 0 radical (unpaired) electrons. The molecule has 1 unspecified atom stereocenters. The molecule has 3 aromatic rings. The molecule has 0 spiro atoms. The lowest BCUT2D eigenvalue weighted by Gasteiger charge is -2.19. The van der Waals surface area contributed by atoms with E-state index in [-0.39, 0.29) is 22.3 Å². The summed E-state index contributed by atoms with van der Waals surface area (Å²) in [5, 5.41) is 0.475. The molecular weight excluding hydrogens is 417 g/mol. The number of halogens is 6. The Labute approximate surface area is 164 Å². The molecule has 9 heteroatoms. The zero-order valence-corrected chi connectivity index (χ0v) is 15.7. The van der Waals surface area contributed by atoms with Gasteiger partial charge in [0.2, 0.25) is 0 Å². The lowest BCUT2D eigenvalue weighted by molar-refractivity contribution is -0.275. The van der Waals surface area contributed by atoms with Crippen LogP contribution in [0.15, 0.2) is 66.7 Å². The summed E-state index contributed by atoms with van der Waals surface area (Å²) in [4.78, 5) is 0. The molecule has 0 saturated carbocycles. The van der Waals surface area contributed by atoms with E-state index in [2.05, 4.69) is 18.7 Å². The molecule has 152 valence electrons. The molecule has 3 rings (SSSR count). The van der Waals surface area contributed by atoms with Gasteiger partial charge in [0.15, 0.2) is 0 Å². The molecule has 0 aliphatic carbocycles. The van der Waals surface area contributed by atoms with Crippen molar-refractivity contribution in [3.05, 3.63) is 66.7 Å². The summed E-state index contributed by atoms with van der Waals surface area (Å²) in [6, 6.07) is 15.5. The first-order valence-corrected chi connectivity index (χ1v) is 8.72. The van der Waals surface area contributed by atoms with Crippen LogP contribution in [0.5, 0.6) is 11.5 Å². The Kier molecular flexibility index (Phi) is 5.75. The number of rotatable bonds is 4. The van der Waals surface area contributed by atoms with E-state index in [0.717, 1.165) is 12.1 Å². The van der Waals surface area contributed by atoms with Crippen molar-refractivity contribution >= 4 is 14.5 Å². The maximum Gasteiger partial charge on any atom is 0.573 e. The smallest absolute Gasteiger partial charge is 0.405 e. The van der Waals surface area contributed by atoms with Gasteiger partial charge in [-0.15, -0.1) is 35.6 Å². The van der Waals surface area contributed by atoms with Crippen molar-refractivity contribution in [3.63, 3.8) is 0 Å². The van der Waals surface area contributed by atoms with Gasteiger partial charge in [0, 0.05) is 16.7 Å². The molecule has 29 heavy (non-hydrogen) atoms. The van der Waals surface area contributed by atoms with Crippen molar-refractivity contribution in [1.82, 2.24) is 0 Å². The topological polar surface area (TPSA) is 18.5 Å². The minimum Gasteiger partial charge on any atom is -0.405 e. The highest BCUT2D eigenvalue weighted by Gasteiger charge is 2.34. The molecule has 0 aromatic heterocycles. The van der Waals surface area contributed by atoms with Gasteiger partial charge in [-0.25, -0.2) is 0 Å². The third-order valence-electron chi connectivity index (χ3n) is 3.88. The minimum absolute atomic E-state index is 0.0749. The highest BCUT2D eigenvalue weighted by molar-refractivity contribution is 7.28. The molecule has 3 aromatic carbocycles. The maximum atomic E-state index is 12.8. The Bertz CT molecular complexity index is 1010. The highest BCUT2D eigenvalue weighted by Crippen LogP contribution is 2.42. The number of hydrogen-bond acceptors (Lipinski definition) is 2. The monoisotopic (exact) mass is 430 g/mol. The summed E-state index contributed by atoms with van der Waals surface area (Å²) >= 11 is 0. The first-order valence-electron chi connectivity index (χ1n) is 8.14. The van der Waals surface area contributed by atoms with Crippen LogP contribution >= 0.6 is 9.24 Å². The zero-order valence-electron chi connectivity index (χ0n) is 14.5. The largest absolute Gasteiger partial charge is 0.573 e. The number of alkyl halides is 6. The van der Waals surface area contributed by atoms with Crippen LogP contribution in [0.2, 0.25) is 0 Å². The summed E-state index contributed by atoms with van der Waals surface area (Å²) in [5.41, 5.74) is 0.685. The summed E-state index contributed by atoms with van der Waals surface area (Å²) in [6.45, 7) is 0. The van der Waals surface area contributed by atoms with Gasteiger partial charge in [0.25, 0.3) is 0 Å². The molecule has 0 heterocycles. The van der Waals surface area contributed by atoms with Crippen molar-refractivity contribution in [2.24, 2.45) is 0 Å². The van der Waals surface area contributed by atoms with E-state index in [4.69, 9.17) is 0 Å². The quantitative estimate of drug-likeness (QED) is 0.356. The third-order valence-corrected chi connectivity index (χ3v) is 4.36. The Morgan fingerprint density at radius 2 is 1.00 bits per heavy atom. The van der Waals surface area contributed by atoms with Crippen LogP contribution in [0.4, 0.5) is 26.3 Å². The summed E-state index contributed by atoms with van der Waals surface area (Å²) in [6.07, 6.45) is -9.85. The first-order chi connectivity index (χ1) is 13.6. The fourth-order valence-electron chi connectivity index (χ4n) is 2.88. The predicted molar refractivity (Wildman–Crippen MR) is 100 cm³/mol. The van der Waals surface area contributed by atoms with Crippen molar-refractivity contribution in [3.8, 4) is 33.8 Å². The highest BCUT2D eigenvalue weighted by atomic mass is 31.0. The predicted octanol–water partition coefficient (Wildman–Crippen LogP) is 6.32. The SMILES string of the molecule is FC(F)(F)Oc1ccccc1-c1cccc(P)c1-c1ccccc1OC(F)(F)F. The standard InChI is InChI=1S/C20H13F6O2P/c21-19(22,23)27-15-9-3-1-6-12(15)13-8-5-11-17(29)18(13)14-7-2-4-10-16(14)28-20(24,25)26/h1-11H,29H2. The van der Waals surface area contributed by atoms with Crippen LogP contribution in [0.3, 0.4) is 0 Å².